The molecule has 2 heterocycles. The van der Waals surface area contributed by atoms with E-state index in [1.54, 1.807) is 12.1 Å². The molecule has 0 aromatic heterocycles. The first kappa shape index (κ1) is 21.5. The second-order valence-electron chi connectivity index (χ2n) is 8.32. The van der Waals surface area contributed by atoms with Crippen LogP contribution in [0.2, 0.25) is 5.02 Å². The highest BCUT2D eigenvalue weighted by atomic mass is 35.5. The molecule has 1 fully saturated rings. The molecule has 162 valence electrons. The molecule has 0 aliphatic carbocycles. The van der Waals surface area contributed by atoms with Crippen LogP contribution in [0.4, 0.5) is 0 Å². The zero-order valence-electron chi connectivity index (χ0n) is 18.1. The molecular weight excluding hydrogens is 408 g/mol. The van der Waals surface area contributed by atoms with Gasteiger partial charge < -0.3 is 14.9 Å². The summed E-state index contributed by atoms with van der Waals surface area (Å²) in [4.78, 5) is 17.4. The first-order chi connectivity index (χ1) is 15.0. The average Bonchev–Trinajstić information content (AvgIpc) is 2.79. The van der Waals surface area contributed by atoms with E-state index in [4.69, 9.17) is 11.6 Å². The summed E-state index contributed by atoms with van der Waals surface area (Å²) < 4.78 is 0. The second kappa shape index (κ2) is 9.19. The maximum absolute atomic E-state index is 13.1. The van der Waals surface area contributed by atoms with Crippen molar-refractivity contribution in [3.05, 3.63) is 82.0 Å². The van der Waals surface area contributed by atoms with Gasteiger partial charge in [0.25, 0.3) is 5.91 Å². The van der Waals surface area contributed by atoms with E-state index in [2.05, 4.69) is 30.2 Å². The Labute approximate surface area is 189 Å². The van der Waals surface area contributed by atoms with E-state index in [1.165, 1.54) is 11.1 Å². The molecule has 4 nitrogen and oxygen atoms in total. The molecule has 2 aromatic carbocycles. The SMILES string of the molecule is CCc1ccc(O)cc1C(=O)N1CCC(N2C=C(C)C(c3ccccc3Cl)=CC2)CC1. The third-order valence-electron chi connectivity index (χ3n) is 6.38. The summed E-state index contributed by atoms with van der Waals surface area (Å²) in [5.41, 5.74) is 5.10. The van der Waals surface area contributed by atoms with Crippen LogP contribution >= 0.6 is 11.6 Å². The zero-order valence-corrected chi connectivity index (χ0v) is 18.9. The van der Waals surface area contributed by atoms with Gasteiger partial charge in [-0.25, -0.2) is 0 Å². The minimum absolute atomic E-state index is 0.0254. The van der Waals surface area contributed by atoms with Gasteiger partial charge in [0, 0.05) is 48.0 Å². The first-order valence-corrected chi connectivity index (χ1v) is 11.4. The van der Waals surface area contributed by atoms with Crippen molar-refractivity contribution in [3.63, 3.8) is 0 Å². The number of amides is 1. The van der Waals surface area contributed by atoms with Crippen molar-refractivity contribution in [3.8, 4) is 5.75 Å². The number of allylic oxidation sites excluding steroid dienone is 2. The van der Waals surface area contributed by atoms with Crippen molar-refractivity contribution in [2.45, 2.75) is 39.2 Å². The number of phenolic OH excluding ortho intramolecular Hbond substituents is 1. The van der Waals surface area contributed by atoms with E-state index < -0.39 is 0 Å². The number of benzene rings is 2. The van der Waals surface area contributed by atoms with Crippen LogP contribution in [0.5, 0.6) is 5.75 Å². The van der Waals surface area contributed by atoms with Gasteiger partial charge in [0.2, 0.25) is 0 Å². The van der Waals surface area contributed by atoms with Gasteiger partial charge in [-0.15, -0.1) is 0 Å². The van der Waals surface area contributed by atoms with Gasteiger partial charge in [-0.3, -0.25) is 4.79 Å². The number of aryl methyl sites for hydroxylation is 1. The fraction of sp³-hybridized carbons (Fsp3) is 0.346. The standard InChI is InChI=1S/C26H29ClN2O2/c1-3-19-8-9-21(30)16-24(19)26(31)28-13-10-20(11-14-28)29-15-12-22(18(2)17-29)23-6-4-5-7-25(23)27/h4-9,12,16-17,20,30H,3,10-11,13-15H2,1-2H3. The maximum atomic E-state index is 13.1. The lowest BCUT2D eigenvalue weighted by Crippen LogP contribution is -2.46. The van der Waals surface area contributed by atoms with E-state index in [1.807, 2.05) is 36.1 Å². The van der Waals surface area contributed by atoms with Gasteiger partial charge in [0.15, 0.2) is 0 Å². The van der Waals surface area contributed by atoms with E-state index in [0.717, 1.165) is 55.0 Å². The molecule has 4 rings (SSSR count). The minimum Gasteiger partial charge on any atom is -0.508 e. The molecule has 2 aromatic rings. The summed E-state index contributed by atoms with van der Waals surface area (Å²) in [5.74, 6) is 0.169. The number of phenols is 1. The average molecular weight is 437 g/mol. The van der Waals surface area contributed by atoms with Crippen LogP contribution < -0.4 is 0 Å². The maximum Gasteiger partial charge on any atom is 0.254 e. The molecule has 2 aliphatic heterocycles. The largest absolute Gasteiger partial charge is 0.508 e. The number of nitrogens with zero attached hydrogens (tertiary/aromatic N) is 2. The highest BCUT2D eigenvalue weighted by Gasteiger charge is 2.28. The number of piperidine rings is 1. The summed E-state index contributed by atoms with van der Waals surface area (Å²) in [5, 5.41) is 10.6. The number of halogens is 1. The molecule has 1 amide bonds. The van der Waals surface area contributed by atoms with Crippen molar-refractivity contribution in [2.24, 2.45) is 0 Å². The Morgan fingerprint density at radius 1 is 1.16 bits per heavy atom. The highest BCUT2D eigenvalue weighted by Crippen LogP contribution is 2.33. The first-order valence-electron chi connectivity index (χ1n) is 11.0. The normalized spacial score (nSPS) is 17.4. The smallest absolute Gasteiger partial charge is 0.254 e. The van der Waals surface area contributed by atoms with Crippen LogP contribution in [0.1, 0.15) is 48.2 Å². The Morgan fingerprint density at radius 3 is 2.58 bits per heavy atom. The number of carbonyl (C=O) groups excluding carboxylic acids is 1. The molecule has 0 spiro atoms. The Morgan fingerprint density at radius 2 is 1.90 bits per heavy atom. The number of carbonyl (C=O) groups is 1. The summed E-state index contributed by atoms with van der Waals surface area (Å²) >= 11 is 6.40. The molecule has 1 N–H and O–H groups in total. The Kier molecular flexibility index (Phi) is 6.38. The van der Waals surface area contributed by atoms with Crippen molar-refractivity contribution < 1.29 is 9.90 Å². The highest BCUT2D eigenvalue weighted by molar-refractivity contribution is 6.32. The molecule has 1 saturated heterocycles. The lowest BCUT2D eigenvalue weighted by atomic mass is 9.94. The van der Waals surface area contributed by atoms with Gasteiger partial charge in [-0.2, -0.15) is 0 Å². The van der Waals surface area contributed by atoms with E-state index in [-0.39, 0.29) is 11.7 Å². The molecule has 0 unspecified atom stereocenters. The molecule has 0 bridgehead atoms. The van der Waals surface area contributed by atoms with Crippen LogP contribution in [0.25, 0.3) is 5.57 Å². The van der Waals surface area contributed by atoms with Crippen LogP contribution in [0.15, 0.2) is 60.3 Å². The van der Waals surface area contributed by atoms with Crippen LogP contribution in [-0.4, -0.2) is 46.5 Å². The summed E-state index contributed by atoms with van der Waals surface area (Å²) in [6.07, 6.45) is 7.14. The molecule has 5 heteroatoms. The number of likely N-dealkylation sites (tertiary alicyclic amines) is 1. The molecular formula is C26H29ClN2O2. The van der Waals surface area contributed by atoms with E-state index in [0.29, 0.717) is 11.6 Å². The predicted molar refractivity (Wildman–Crippen MR) is 126 cm³/mol. The monoisotopic (exact) mass is 436 g/mol. The van der Waals surface area contributed by atoms with Gasteiger partial charge in [0.05, 0.1) is 0 Å². The van der Waals surface area contributed by atoms with Crippen molar-refractivity contribution in [1.29, 1.82) is 0 Å². The van der Waals surface area contributed by atoms with Crippen molar-refractivity contribution in [1.82, 2.24) is 9.80 Å². The summed E-state index contributed by atoms with van der Waals surface area (Å²) in [7, 11) is 0. The van der Waals surface area contributed by atoms with Crippen LogP contribution in [0.3, 0.4) is 0 Å². The fourth-order valence-electron chi connectivity index (χ4n) is 4.63. The van der Waals surface area contributed by atoms with Gasteiger partial charge in [-0.05, 0) is 61.1 Å². The molecule has 0 saturated carbocycles. The lowest BCUT2D eigenvalue weighted by molar-refractivity contribution is 0.0664. The number of rotatable bonds is 4. The summed E-state index contributed by atoms with van der Waals surface area (Å²) in [6.45, 7) is 6.47. The third-order valence-corrected chi connectivity index (χ3v) is 6.71. The minimum atomic E-state index is 0.0254. The van der Waals surface area contributed by atoms with Gasteiger partial charge >= 0.3 is 0 Å². The fourth-order valence-corrected chi connectivity index (χ4v) is 4.87. The van der Waals surface area contributed by atoms with Crippen LogP contribution in [0, 0.1) is 0 Å². The number of aromatic hydroxyl groups is 1. The molecule has 2 aliphatic rings. The third kappa shape index (κ3) is 4.49. The quantitative estimate of drug-likeness (QED) is 0.686. The number of hydrogen-bond acceptors (Lipinski definition) is 3. The Balaban J connectivity index is 1.40. The summed E-state index contributed by atoms with van der Waals surface area (Å²) in [6, 6.07) is 13.5. The predicted octanol–water partition coefficient (Wildman–Crippen LogP) is 5.52. The van der Waals surface area contributed by atoms with Gasteiger partial charge in [-0.1, -0.05) is 48.9 Å². The lowest BCUT2D eigenvalue weighted by Gasteiger charge is -2.39. The molecule has 0 radical (unpaired) electrons. The van der Waals surface area contributed by atoms with Crippen molar-refractivity contribution in [2.75, 3.05) is 19.6 Å². The van der Waals surface area contributed by atoms with Crippen LogP contribution in [-0.2, 0) is 6.42 Å². The van der Waals surface area contributed by atoms with Crippen molar-refractivity contribution >= 4 is 23.1 Å². The van der Waals surface area contributed by atoms with Gasteiger partial charge in [0.1, 0.15) is 5.75 Å². The topological polar surface area (TPSA) is 43.8 Å². The Bertz CT molecular complexity index is 1040. The van der Waals surface area contributed by atoms with E-state index >= 15 is 0 Å². The second-order valence-corrected chi connectivity index (χ2v) is 8.73. The zero-order chi connectivity index (χ0) is 22.0. The molecule has 31 heavy (non-hydrogen) atoms. The number of hydrogen-bond donors (Lipinski definition) is 1. The Hall–Kier alpha value is -2.72. The molecule has 0 atom stereocenters. The van der Waals surface area contributed by atoms with E-state index in [9.17, 15) is 9.90 Å².